The zero-order valence-corrected chi connectivity index (χ0v) is 14.8. The Kier molecular flexibility index (Phi) is 6.10. The molecule has 0 aliphatic heterocycles. The molecule has 1 rings (SSSR count). The number of hydrogen-bond acceptors (Lipinski definition) is 4. The van der Waals surface area contributed by atoms with E-state index in [9.17, 15) is 13.2 Å². The summed E-state index contributed by atoms with van der Waals surface area (Å²) in [4.78, 5) is 16.1. The van der Waals surface area contributed by atoms with E-state index in [4.69, 9.17) is 0 Å². The Balaban J connectivity index is 3.07. The van der Waals surface area contributed by atoms with Crippen molar-refractivity contribution >= 4 is 15.9 Å². The van der Waals surface area contributed by atoms with Gasteiger partial charge in [0.05, 0.1) is 12.0 Å². The third kappa shape index (κ3) is 3.85. The summed E-state index contributed by atoms with van der Waals surface area (Å²) in [6.45, 7) is 9.46. The first-order valence-corrected chi connectivity index (χ1v) is 8.50. The maximum Gasteiger partial charge on any atom is 0.244 e. The molecule has 0 bridgehead atoms. The maximum atomic E-state index is 12.6. The Bertz CT molecular complexity index is 652. The van der Waals surface area contributed by atoms with Gasteiger partial charge in [0.25, 0.3) is 0 Å². The molecule has 0 saturated carbocycles. The molecule has 6 nitrogen and oxygen atoms in total. The van der Waals surface area contributed by atoms with Gasteiger partial charge in [0.1, 0.15) is 0 Å². The Morgan fingerprint density at radius 3 is 1.86 bits per heavy atom. The van der Waals surface area contributed by atoms with Gasteiger partial charge in [-0.25, -0.2) is 18.6 Å². The van der Waals surface area contributed by atoms with E-state index in [1.54, 1.807) is 13.8 Å². The van der Waals surface area contributed by atoms with Crippen LogP contribution in [0, 0.1) is 34.6 Å². The molecule has 1 amide bonds. The summed E-state index contributed by atoms with van der Waals surface area (Å²) >= 11 is 0. The van der Waals surface area contributed by atoms with Crippen LogP contribution in [-0.2, 0) is 19.7 Å². The second-order valence-corrected chi connectivity index (χ2v) is 7.04. The molecule has 0 spiro atoms. The SMILES string of the molecule is CONC(=O)CCNS(=O)(=O)c1c(C)c(C)c(C)c(C)c1C. The van der Waals surface area contributed by atoms with Gasteiger partial charge in [0.15, 0.2) is 0 Å². The van der Waals surface area contributed by atoms with Crippen LogP contribution in [0.25, 0.3) is 0 Å². The minimum absolute atomic E-state index is 0.00892. The molecule has 7 heteroatoms. The van der Waals surface area contributed by atoms with Crippen LogP contribution >= 0.6 is 0 Å². The van der Waals surface area contributed by atoms with Crippen molar-refractivity contribution in [3.05, 3.63) is 27.8 Å². The van der Waals surface area contributed by atoms with Gasteiger partial charge in [-0.1, -0.05) is 0 Å². The zero-order chi connectivity index (χ0) is 17.1. The number of carbonyl (C=O) groups excluding carboxylic acids is 1. The molecule has 0 fully saturated rings. The highest BCUT2D eigenvalue weighted by Gasteiger charge is 2.23. The number of rotatable bonds is 6. The highest BCUT2D eigenvalue weighted by atomic mass is 32.2. The minimum Gasteiger partial charge on any atom is -0.277 e. The highest BCUT2D eigenvalue weighted by Crippen LogP contribution is 2.29. The van der Waals surface area contributed by atoms with Gasteiger partial charge in [0.2, 0.25) is 15.9 Å². The Morgan fingerprint density at radius 1 is 0.955 bits per heavy atom. The Morgan fingerprint density at radius 2 is 1.41 bits per heavy atom. The van der Waals surface area contributed by atoms with Crippen molar-refractivity contribution < 1.29 is 18.0 Å². The van der Waals surface area contributed by atoms with Gasteiger partial charge < -0.3 is 0 Å². The number of benzene rings is 1. The normalized spacial score (nSPS) is 11.5. The van der Waals surface area contributed by atoms with Crippen molar-refractivity contribution in [3.63, 3.8) is 0 Å². The molecule has 0 heterocycles. The van der Waals surface area contributed by atoms with Crippen LogP contribution in [-0.4, -0.2) is 28.0 Å². The fraction of sp³-hybridized carbons (Fsp3) is 0.533. The Hall–Kier alpha value is -1.44. The van der Waals surface area contributed by atoms with Crippen LogP contribution in [0.5, 0.6) is 0 Å². The molecule has 124 valence electrons. The molecule has 0 aromatic heterocycles. The van der Waals surface area contributed by atoms with Crippen LogP contribution in [0.15, 0.2) is 4.90 Å². The molecule has 0 unspecified atom stereocenters. The van der Waals surface area contributed by atoms with Crippen molar-refractivity contribution in [3.8, 4) is 0 Å². The molecule has 0 aliphatic carbocycles. The Labute approximate surface area is 132 Å². The second kappa shape index (κ2) is 7.21. The molecule has 0 radical (unpaired) electrons. The van der Waals surface area contributed by atoms with E-state index in [0.29, 0.717) is 4.90 Å². The highest BCUT2D eigenvalue weighted by molar-refractivity contribution is 7.89. The van der Waals surface area contributed by atoms with Crippen LogP contribution in [0.2, 0.25) is 0 Å². The fourth-order valence-corrected chi connectivity index (χ4v) is 4.03. The third-order valence-corrected chi connectivity index (χ3v) is 5.79. The van der Waals surface area contributed by atoms with Crippen molar-refractivity contribution in [2.75, 3.05) is 13.7 Å². The summed E-state index contributed by atoms with van der Waals surface area (Å²) in [6, 6.07) is 0. The van der Waals surface area contributed by atoms with Crippen LogP contribution in [0.3, 0.4) is 0 Å². The van der Waals surface area contributed by atoms with Gasteiger partial charge in [-0.3, -0.25) is 9.63 Å². The van der Waals surface area contributed by atoms with Gasteiger partial charge in [-0.05, 0) is 62.4 Å². The number of amides is 1. The minimum atomic E-state index is -3.66. The van der Waals surface area contributed by atoms with Gasteiger partial charge in [0, 0.05) is 13.0 Å². The predicted molar refractivity (Wildman–Crippen MR) is 85.1 cm³/mol. The first-order valence-electron chi connectivity index (χ1n) is 7.02. The van der Waals surface area contributed by atoms with Crippen LogP contribution in [0.4, 0.5) is 0 Å². The third-order valence-electron chi connectivity index (χ3n) is 4.06. The summed E-state index contributed by atoms with van der Waals surface area (Å²) in [5.74, 6) is -0.380. The molecule has 1 aromatic rings. The van der Waals surface area contributed by atoms with Crippen molar-refractivity contribution in [2.24, 2.45) is 0 Å². The van der Waals surface area contributed by atoms with E-state index in [2.05, 4.69) is 15.0 Å². The lowest BCUT2D eigenvalue weighted by Gasteiger charge is -2.19. The average Bonchev–Trinajstić information content (AvgIpc) is 2.43. The topological polar surface area (TPSA) is 84.5 Å². The molecule has 0 atom stereocenters. The summed E-state index contributed by atoms with van der Waals surface area (Å²) in [5.41, 5.74) is 6.69. The van der Waals surface area contributed by atoms with E-state index in [1.807, 2.05) is 20.8 Å². The predicted octanol–water partition coefficient (Wildman–Crippen LogP) is 1.57. The quantitative estimate of drug-likeness (QED) is 0.777. The van der Waals surface area contributed by atoms with Gasteiger partial charge >= 0.3 is 0 Å². The molecule has 1 aromatic carbocycles. The van der Waals surface area contributed by atoms with Gasteiger partial charge in [-0.15, -0.1) is 0 Å². The van der Waals surface area contributed by atoms with E-state index in [0.717, 1.165) is 27.8 Å². The van der Waals surface area contributed by atoms with Crippen molar-refractivity contribution in [1.29, 1.82) is 0 Å². The molecular formula is C15H24N2O4S. The summed E-state index contributed by atoms with van der Waals surface area (Å²) < 4.78 is 27.6. The van der Waals surface area contributed by atoms with Gasteiger partial charge in [-0.2, -0.15) is 0 Å². The molecular weight excluding hydrogens is 304 g/mol. The first kappa shape index (κ1) is 18.6. The fourth-order valence-electron chi connectivity index (χ4n) is 2.40. The largest absolute Gasteiger partial charge is 0.277 e. The standard InChI is InChI=1S/C15H24N2O4S/c1-9-10(2)12(4)15(13(5)11(9)3)22(19,20)16-8-7-14(18)17-21-6/h16H,7-8H2,1-6H3,(H,17,18). The maximum absolute atomic E-state index is 12.6. The van der Waals surface area contributed by atoms with Crippen molar-refractivity contribution in [1.82, 2.24) is 10.2 Å². The number of carbonyl (C=O) groups is 1. The lowest BCUT2D eigenvalue weighted by Crippen LogP contribution is -2.31. The van der Waals surface area contributed by atoms with E-state index >= 15 is 0 Å². The molecule has 0 aliphatic rings. The molecule has 2 N–H and O–H groups in total. The lowest BCUT2D eigenvalue weighted by molar-refractivity contribution is -0.131. The number of nitrogens with one attached hydrogen (secondary N) is 2. The van der Waals surface area contributed by atoms with Crippen LogP contribution in [0.1, 0.15) is 34.2 Å². The average molecular weight is 328 g/mol. The number of hydroxylamine groups is 1. The van der Waals surface area contributed by atoms with E-state index in [-0.39, 0.29) is 18.9 Å². The summed E-state index contributed by atoms with van der Waals surface area (Å²) in [7, 11) is -2.34. The van der Waals surface area contributed by atoms with E-state index in [1.165, 1.54) is 7.11 Å². The van der Waals surface area contributed by atoms with Crippen molar-refractivity contribution in [2.45, 2.75) is 45.9 Å². The van der Waals surface area contributed by atoms with Crippen LogP contribution < -0.4 is 10.2 Å². The summed E-state index contributed by atoms with van der Waals surface area (Å²) in [5, 5.41) is 0. The summed E-state index contributed by atoms with van der Waals surface area (Å²) in [6.07, 6.45) is 0.00892. The number of sulfonamides is 1. The number of hydrogen-bond donors (Lipinski definition) is 2. The smallest absolute Gasteiger partial charge is 0.244 e. The second-order valence-electron chi connectivity index (χ2n) is 5.33. The first-order chi connectivity index (χ1) is 10.1. The monoisotopic (exact) mass is 328 g/mol. The molecule has 22 heavy (non-hydrogen) atoms. The van der Waals surface area contributed by atoms with E-state index < -0.39 is 10.0 Å². The zero-order valence-electron chi connectivity index (χ0n) is 14.0. The lowest BCUT2D eigenvalue weighted by atomic mass is 9.95. The molecule has 0 saturated heterocycles.